The molecular formula is C21H18ClNO4. The van der Waals surface area contributed by atoms with Gasteiger partial charge in [-0.3, -0.25) is 0 Å². The first-order chi connectivity index (χ1) is 12.9. The number of nitrogens with zero attached hydrogens (tertiary/aromatic N) is 1. The Bertz CT molecular complexity index is 929. The highest BCUT2D eigenvalue weighted by Gasteiger charge is 2.24. The monoisotopic (exact) mass is 383 g/mol. The zero-order valence-corrected chi connectivity index (χ0v) is 15.7. The highest BCUT2D eigenvalue weighted by molar-refractivity contribution is 6.31. The normalized spacial score (nSPS) is 15.0. The van der Waals surface area contributed by atoms with Crippen molar-refractivity contribution in [2.24, 2.45) is 10.9 Å². The van der Waals surface area contributed by atoms with Crippen LogP contribution in [0.4, 0.5) is 0 Å². The van der Waals surface area contributed by atoms with Gasteiger partial charge in [-0.15, -0.1) is 0 Å². The van der Waals surface area contributed by atoms with E-state index in [9.17, 15) is 9.59 Å². The van der Waals surface area contributed by atoms with Crippen LogP contribution in [0.3, 0.4) is 0 Å². The van der Waals surface area contributed by atoms with E-state index in [1.165, 1.54) is 0 Å². The Morgan fingerprint density at radius 3 is 2.63 bits per heavy atom. The summed E-state index contributed by atoms with van der Waals surface area (Å²) in [7, 11) is 0. The number of carbonyl (C=O) groups is 2. The molecule has 138 valence electrons. The van der Waals surface area contributed by atoms with E-state index in [0.717, 1.165) is 5.56 Å². The third-order valence-electron chi connectivity index (χ3n) is 3.69. The first kappa shape index (κ1) is 18.9. The van der Waals surface area contributed by atoms with Gasteiger partial charge in [0, 0.05) is 10.6 Å². The van der Waals surface area contributed by atoms with Crippen LogP contribution in [0.1, 0.15) is 35.3 Å². The molecule has 3 rings (SSSR count). The van der Waals surface area contributed by atoms with Crippen molar-refractivity contribution in [3.05, 3.63) is 75.9 Å². The predicted octanol–water partition coefficient (Wildman–Crippen LogP) is 4.50. The molecule has 27 heavy (non-hydrogen) atoms. The summed E-state index contributed by atoms with van der Waals surface area (Å²) in [5.74, 6) is -0.421. The SMILES string of the molecule is CC(C)COC(=O)c1ccc(/C=C2\N=C(c3cccc(Cl)c3)OC2=O)cc1. The van der Waals surface area contributed by atoms with Gasteiger partial charge in [0.15, 0.2) is 5.70 Å². The number of cyclic esters (lactones) is 1. The van der Waals surface area contributed by atoms with Crippen LogP contribution in [0, 0.1) is 5.92 Å². The van der Waals surface area contributed by atoms with Crippen LogP contribution >= 0.6 is 11.6 Å². The smallest absolute Gasteiger partial charge is 0.363 e. The molecule has 0 aliphatic carbocycles. The number of aliphatic imine (C=N–C) groups is 1. The van der Waals surface area contributed by atoms with Gasteiger partial charge in [0.1, 0.15) is 0 Å². The Hall–Kier alpha value is -2.92. The second-order valence-corrected chi connectivity index (χ2v) is 6.90. The number of hydrogen-bond donors (Lipinski definition) is 0. The molecule has 0 atom stereocenters. The number of esters is 2. The maximum Gasteiger partial charge on any atom is 0.363 e. The number of hydrogen-bond acceptors (Lipinski definition) is 5. The van der Waals surface area contributed by atoms with Gasteiger partial charge in [-0.05, 0) is 47.9 Å². The standard InChI is InChI=1S/C21H18ClNO4/c1-13(2)12-26-20(24)15-8-6-14(7-9-15)10-18-21(25)27-19(23-18)16-4-3-5-17(22)11-16/h3-11,13H,12H2,1-2H3/b18-10-. The molecule has 2 aromatic rings. The third kappa shape index (κ3) is 4.83. The highest BCUT2D eigenvalue weighted by atomic mass is 35.5. The molecule has 0 N–H and O–H groups in total. The quantitative estimate of drug-likeness (QED) is 0.563. The molecule has 1 aliphatic rings. The van der Waals surface area contributed by atoms with Gasteiger partial charge in [-0.25, -0.2) is 14.6 Å². The van der Waals surface area contributed by atoms with E-state index in [-0.39, 0.29) is 23.5 Å². The zero-order chi connectivity index (χ0) is 19.4. The number of rotatable bonds is 5. The van der Waals surface area contributed by atoms with E-state index >= 15 is 0 Å². The lowest BCUT2D eigenvalue weighted by atomic mass is 10.1. The fourth-order valence-corrected chi connectivity index (χ4v) is 2.54. The van der Waals surface area contributed by atoms with Crippen LogP contribution in [-0.2, 0) is 14.3 Å². The maximum atomic E-state index is 12.1. The first-order valence-electron chi connectivity index (χ1n) is 8.48. The van der Waals surface area contributed by atoms with Crippen LogP contribution in [0.2, 0.25) is 5.02 Å². The number of halogens is 1. The molecule has 0 amide bonds. The molecule has 0 bridgehead atoms. The lowest BCUT2D eigenvalue weighted by Gasteiger charge is -2.07. The molecule has 2 aromatic carbocycles. The molecule has 0 fully saturated rings. The van der Waals surface area contributed by atoms with Crippen LogP contribution in [0.5, 0.6) is 0 Å². The molecule has 0 aromatic heterocycles. The largest absolute Gasteiger partial charge is 0.462 e. The summed E-state index contributed by atoms with van der Waals surface area (Å²) in [5, 5.41) is 0.531. The van der Waals surface area contributed by atoms with Gasteiger partial charge < -0.3 is 9.47 Å². The summed E-state index contributed by atoms with van der Waals surface area (Å²) in [4.78, 5) is 28.2. The van der Waals surface area contributed by atoms with E-state index in [0.29, 0.717) is 22.8 Å². The van der Waals surface area contributed by atoms with E-state index in [1.54, 1.807) is 54.6 Å². The van der Waals surface area contributed by atoms with E-state index in [1.807, 2.05) is 13.8 Å². The van der Waals surface area contributed by atoms with Crippen molar-refractivity contribution in [1.82, 2.24) is 0 Å². The van der Waals surface area contributed by atoms with Crippen LogP contribution in [0.15, 0.2) is 59.2 Å². The Kier molecular flexibility index (Phi) is 5.72. The molecule has 0 spiro atoms. The molecule has 6 heteroatoms. The minimum atomic E-state index is -0.537. The van der Waals surface area contributed by atoms with Crippen molar-refractivity contribution in [3.63, 3.8) is 0 Å². The van der Waals surface area contributed by atoms with Crippen molar-refractivity contribution in [2.45, 2.75) is 13.8 Å². The molecule has 1 heterocycles. The maximum absolute atomic E-state index is 12.1. The van der Waals surface area contributed by atoms with Gasteiger partial charge in [0.05, 0.1) is 12.2 Å². The van der Waals surface area contributed by atoms with Crippen molar-refractivity contribution in [1.29, 1.82) is 0 Å². The Morgan fingerprint density at radius 1 is 1.22 bits per heavy atom. The second kappa shape index (κ2) is 8.18. The summed E-state index contributed by atoms with van der Waals surface area (Å²) in [6.07, 6.45) is 1.60. The van der Waals surface area contributed by atoms with Crippen molar-refractivity contribution in [3.8, 4) is 0 Å². The Labute approximate surface area is 162 Å². The summed E-state index contributed by atoms with van der Waals surface area (Å²) >= 11 is 5.96. The molecule has 1 aliphatic heterocycles. The second-order valence-electron chi connectivity index (χ2n) is 6.46. The van der Waals surface area contributed by atoms with E-state index in [2.05, 4.69) is 4.99 Å². The minimum Gasteiger partial charge on any atom is -0.462 e. The lowest BCUT2D eigenvalue weighted by molar-refractivity contribution is -0.129. The summed E-state index contributed by atoms with van der Waals surface area (Å²) < 4.78 is 10.4. The molecule has 0 radical (unpaired) electrons. The Morgan fingerprint density at radius 2 is 1.96 bits per heavy atom. The van der Waals surface area contributed by atoms with Gasteiger partial charge in [-0.1, -0.05) is 43.6 Å². The van der Waals surface area contributed by atoms with Crippen LogP contribution in [-0.4, -0.2) is 24.4 Å². The number of carbonyl (C=O) groups excluding carboxylic acids is 2. The lowest BCUT2D eigenvalue weighted by Crippen LogP contribution is -2.10. The molecule has 0 saturated heterocycles. The van der Waals surface area contributed by atoms with Gasteiger partial charge in [-0.2, -0.15) is 0 Å². The Balaban J connectivity index is 1.76. The fraction of sp³-hybridized carbons (Fsp3) is 0.190. The third-order valence-corrected chi connectivity index (χ3v) is 3.92. The fourth-order valence-electron chi connectivity index (χ4n) is 2.35. The van der Waals surface area contributed by atoms with Crippen LogP contribution in [0.25, 0.3) is 6.08 Å². The topological polar surface area (TPSA) is 65.0 Å². The summed E-state index contributed by atoms with van der Waals surface area (Å²) in [6, 6.07) is 13.7. The summed E-state index contributed by atoms with van der Waals surface area (Å²) in [5.41, 5.74) is 1.98. The summed E-state index contributed by atoms with van der Waals surface area (Å²) in [6.45, 7) is 4.32. The zero-order valence-electron chi connectivity index (χ0n) is 14.9. The molecule has 0 saturated carbocycles. The highest BCUT2D eigenvalue weighted by Crippen LogP contribution is 2.21. The first-order valence-corrected chi connectivity index (χ1v) is 8.86. The average molecular weight is 384 g/mol. The van der Waals surface area contributed by atoms with Gasteiger partial charge in [0.25, 0.3) is 0 Å². The average Bonchev–Trinajstić information content (AvgIpc) is 3.01. The van der Waals surface area contributed by atoms with Gasteiger partial charge in [0.2, 0.25) is 5.90 Å². The van der Waals surface area contributed by atoms with E-state index in [4.69, 9.17) is 21.1 Å². The van der Waals surface area contributed by atoms with Crippen molar-refractivity contribution < 1.29 is 19.1 Å². The van der Waals surface area contributed by atoms with Crippen molar-refractivity contribution >= 4 is 35.5 Å². The minimum absolute atomic E-state index is 0.181. The number of ether oxygens (including phenoxy) is 2. The van der Waals surface area contributed by atoms with Crippen molar-refractivity contribution in [2.75, 3.05) is 6.61 Å². The van der Waals surface area contributed by atoms with Crippen LogP contribution < -0.4 is 0 Å². The molecule has 0 unspecified atom stereocenters. The number of benzene rings is 2. The van der Waals surface area contributed by atoms with Gasteiger partial charge >= 0.3 is 11.9 Å². The van der Waals surface area contributed by atoms with E-state index < -0.39 is 5.97 Å². The molecular weight excluding hydrogens is 366 g/mol. The molecule has 5 nitrogen and oxygen atoms in total. The predicted molar refractivity (Wildman–Crippen MR) is 104 cm³/mol.